The Hall–Kier alpha value is -0.520. The molecule has 3 N–H and O–H groups in total. The molecule has 18 heavy (non-hydrogen) atoms. The number of rotatable bonds is 5. The molecule has 2 atom stereocenters. The zero-order valence-electron chi connectivity index (χ0n) is 9.29. The second-order valence-electron chi connectivity index (χ2n) is 3.45. The molecule has 0 saturated carbocycles. The molecule has 1 amide bonds. The summed E-state index contributed by atoms with van der Waals surface area (Å²) in [7, 11) is 0. The van der Waals surface area contributed by atoms with Crippen molar-refractivity contribution in [1.29, 1.82) is 0 Å². The Morgan fingerprint density at radius 3 is 2.28 bits per heavy atom. The smallest absolute Gasteiger partial charge is 0.253 e. The van der Waals surface area contributed by atoms with Crippen LogP contribution >= 0.6 is 35.6 Å². The molecule has 0 saturated heterocycles. The first-order valence-corrected chi connectivity index (χ1v) is 5.86. The van der Waals surface area contributed by atoms with E-state index in [1.54, 1.807) is 30.3 Å². The number of alkyl halides is 2. The first-order chi connectivity index (χ1) is 8.06. The van der Waals surface area contributed by atoms with Gasteiger partial charge in [0.2, 0.25) is 0 Å². The van der Waals surface area contributed by atoms with E-state index in [2.05, 4.69) is 5.32 Å². The summed E-state index contributed by atoms with van der Waals surface area (Å²) in [4.78, 5) is 10.0. The van der Waals surface area contributed by atoms with Gasteiger partial charge in [0.05, 0.1) is 12.6 Å². The number of nitrogens with one attached hydrogen (secondary N) is 1. The molecule has 4 nitrogen and oxygen atoms in total. The molecule has 0 radical (unpaired) electrons. The summed E-state index contributed by atoms with van der Waals surface area (Å²) in [5.74, 6) is -0.651. The quantitative estimate of drug-likeness (QED) is 0.720. The number of amides is 1. The van der Waals surface area contributed by atoms with Crippen LogP contribution in [0.5, 0.6) is 0 Å². The maximum absolute atomic E-state index is 11.3. The van der Waals surface area contributed by atoms with Crippen LogP contribution in [0.15, 0.2) is 30.3 Å². The number of halogens is 3. The van der Waals surface area contributed by atoms with Crippen LogP contribution in [-0.4, -0.2) is 33.6 Å². The van der Waals surface area contributed by atoms with E-state index in [9.17, 15) is 9.90 Å². The first kappa shape index (κ1) is 17.5. The van der Waals surface area contributed by atoms with Crippen LogP contribution in [0.3, 0.4) is 0 Å². The standard InChI is InChI=1S/C11H13Cl2NO3.ClH/c12-10(13)11(17)14-8(6-15)9(16)7-4-2-1-3-5-7;/h1-5,8-10,15-16H,6H2,(H,14,17);1H. The summed E-state index contributed by atoms with van der Waals surface area (Å²) in [6, 6.07) is 7.85. The third kappa shape index (κ3) is 5.00. The Kier molecular flexibility index (Phi) is 8.31. The molecule has 102 valence electrons. The van der Waals surface area contributed by atoms with Gasteiger partial charge in [0, 0.05) is 0 Å². The summed E-state index contributed by atoms with van der Waals surface area (Å²) in [5, 5.41) is 21.4. The summed E-state index contributed by atoms with van der Waals surface area (Å²) >= 11 is 10.7. The van der Waals surface area contributed by atoms with Crippen molar-refractivity contribution in [2.45, 2.75) is 17.0 Å². The molecule has 1 aromatic rings. The lowest BCUT2D eigenvalue weighted by atomic mass is 10.0. The van der Waals surface area contributed by atoms with Crippen molar-refractivity contribution in [2.24, 2.45) is 0 Å². The van der Waals surface area contributed by atoms with E-state index in [1.807, 2.05) is 0 Å². The van der Waals surface area contributed by atoms with E-state index < -0.39 is 29.5 Å². The number of benzene rings is 1. The number of carbonyl (C=O) groups excluding carboxylic acids is 1. The Morgan fingerprint density at radius 2 is 1.83 bits per heavy atom. The molecule has 0 bridgehead atoms. The van der Waals surface area contributed by atoms with E-state index >= 15 is 0 Å². The van der Waals surface area contributed by atoms with Gasteiger partial charge in [-0.3, -0.25) is 4.79 Å². The fraction of sp³-hybridized carbons (Fsp3) is 0.364. The van der Waals surface area contributed by atoms with Gasteiger partial charge in [-0.2, -0.15) is 0 Å². The molecule has 0 heterocycles. The van der Waals surface area contributed by atoms with Gasteiger partial charge in [-0.25, -0.2) is 0 Å². The predicted octanol–water partition coefficient (Wildman–Crippen LogP) is 1.42. The molecule has 0 aliphatic carbocycles. The Balaban J connectivity index is 0.00000289. The summed E-state index contributed by atoms with van der Waals surface area (Å²) < 4.78 is 0. The van der Waals surface area contributed by atoms with Crippen LogP contribution in [-0.2, 0) is 4.79 Å². The van der Waals surface area contributed by atoms with Crippen LogP contribution < -0.4 is 5.32 Å². The molecule has 2 unspecified atom stereocenters. The number of aliphatic hydroxyl groups is 2. The highest BCUT2D eigenvalue weighted by atomic mass is 35.5. The van der Waals surface area contributed by atoms with Crippen LogP contribution in [0.4, 0.5) is 0 Å². The average molecular weight is 315 g/mol. The molecule has 0 aromatic heterocycles. The van der Waals surface area contributed by atoms with Gasteiger partial charge >= 0.3 is 0 Å². The highest BCUT2D eigenvalue weighted by Crippen LogP contribution is 2.16. The molecule has 0 fully saturated rings. The van der Waals surface area contributed by atoms with Crippen molar-refractivity contribution >= 4 is 41.5 Å². The second kappa shape index (κ2) is 8.56. The van der Waals surface area contributed by atoms with E-state index in [4.69, 9.17) is 28.3 Å². The van der Waals surface area contributed by atoms with Crippen molar-refractivity contribution in [3.8, 4) is 0 Å². The van der Waals surface area contributed by atoms with Crippen LogP contribution in [0.25, 0.3) is 0 Å². The number of carbonyl (C=O) groups is 1. The van der Waals surface area contributed by atoms with Gasteiger partial charge in [-0.15, -0.1) is 12.4 Å². The maximum atomic E-state index is 11.3. The van der Waals surface area contributed by atoms with Crippen molar-refractivity contribution in [3.63, 3.8) is 0 Å². The monoisotopic (exact) mass is 313 g/mol. The third-order valence-electron chi connectivity index (χ3n) is 2.24. The second-order valence-corrected chi connectivity index (χ2v) is 4.55. The minimum absolute atomic E-state index is 0. The summed E-state index contributed by atoms with van der Waals surface area (Å²) in [6.07, 6.45) is -1.02. The zero-order valence-corrected chi connectivity index (χ0v) is 11.6. The third-order valence-corrected chi connectivity index (χ3v) is 2.64. The highest BCUT2D eigenvalue weighted by molar-refractivity contribution is 6.53. The van der Waals surface area contributed by atoms with E-state index in [0.717, 1.165) is 0 Å². The normalized spacial score (nSPS) is 13.6. The van der Waals surface area contributed by atoms with Crippen LogP contribution in [0.2, 0.25) is 0 Å². The Bertz CT molecular complexity index is 362. The van der Waals surface area contributed by atoms with Crippen molar-refractivity contribution in [3.05, 3.63) is 35.9 Å². The average Bonchev–Trinajstić information content (AvgIpc) is 2.35. The molecule has 1 aromatic carbocycles. The van der Waals surface area contributed by atoms with Crippen LogP contribution in [0, 0.1) is 0 Å². The zero-order chi connectivity index (χ0) is 12.8. The number of aliphatic hydroxyl groups excluding tert-OH is 2. The van der Waals surface area contributed by atoms with Gasteiger partial charge in [-0.1, -0.05) is 53.5 Å². The Morgan fingerprint density at radius 1 is 1.28 bits per heavy atom. The SMILES string of the molecule is Cl.O=C(NC(CO)C(O)c1ccccc1)C(Cl)Cl. The fourth-order valence-electron chi connectivity index (χ4n) is 1.35. The van der Waals surface area contributed by atoms with Gasteiger partial charge < -0.3 is 15.5 Å². The molecular formula is C11H14Cl3NO3. The largest absolute Gasteiger partial charge is 0.394 e. The van der Waals surface area contributed by atoms with E-state index in [0.29, 0.717) is 5.56 Å². The molecule has 0 aliphatic rings. The minimum atomic E-state index is -1.23. The molecule has 0 spiro atoms. The van der Waals surface area contributed by atoms with Gasteiger partial charge in [0.25, 0.3) is 5.91 Å². The van der Waals surface area contributed by atoms with E-state index in [1.165, 1.54) is 0 Å². The molecule has 0 aliphatic heterocycles. The minimum Gasteiger partial charge on any atom is -0.394 e. The van der Waals surface area contributed by atoms with Gasteiger partial charge in [0.15, 0.2) is 4.84 Å². The van der Waals surface area contributed by atoms with E-state index in [-0.39, 0.29) is 12.4 Å². The fourth-order valence-corrected chi connectivity index (χ4v) is 1.48. The predicted molar refractivity (Wildman–Crippen MR) is 73.2 cm³/mol. The summed E-state index contributed by atoms with van der Waals surface area (Å²) in [6.45, 7) is -0.414. The topological polar surface area (TPSA) is 69.6 Å². The number of hydrogen-bond donors (Lipinski definition) is 3. The lowest BCUT2D eigenvalue weighted by Gasteiger charge is -2.22. The lowest BCUT2D eigenvalue weighted by molar-refractivity contribution is -0.121. The van der Waals surface area contributed by atoms with Gasteiger partial charge in [0.1, 0.15) is 6.10 Å². The highest BCUT2D eigenvalue weighted by Gasteiger charge is 2.24. The van der Waals surface area contributed by atoms with Crippen molar-refractivity contribution in [2.75, 3.05) is 6.61 Å². The molecular weight excluding hydrogens is 300 g/mol. The van der Waals surface area contributed by atoms with Crippen molar-refractivity contribution < 1.29 is 15.0 Å². The lowest BCUT2D eigenvalue weighted by Crippen LogP contribution is -2.44. The molecule has 7 heteroatoms. The van der Waals surface area contributed by atoms with Gasteiger partial charge in [-0.05, 0) is 5.56 Å². The Labute approximate surface area is 121 Å². The molecule has 1 rings (SSSR count). The number of hydrogen-bond acceptors (Lipinski definition) is 3. The van der Waals surface area contributed by atoms with Crippen LogP contribution in [0.1, 0.15) is 11.7 Å². The van der Waals surface area contributed by atoms with Crippen molar-refractivity contribution in [1.82, 2.24) is 5.32 Å². The maximum Gasteiger partial charge on any atom is 0.253 e. The summed E-state index contributed by atoms with van der Waals surface area (Å²) in [5.41, 5.74) is 0.590. The first-order valence-electron chi connectivity index (χ1n) is 4.98.